The third-order valence-corrected chi connectivity index (χ3v) is 5.48. The minimum absolute atomic E-state index is 0.0426. The maximum atomic E-state index is 13.2. The van der Waals surface area contributed by atoms with E-state index in [9.17, 15) is 4.79 Å². The highest BCUT2D eigenvalue weighted by Crippen LogP contribution is 2.24. The zero-order valence-electron chi connectivity index (χ0n) is 17.1. The molecule has 150 valence electrons. The van der Waals surface area contributed by atoms with Crippen LogP contribution in [-0.4, -0.2) is 34.3 Å². The van der Waals surface area contributed by atoms with Gasteiger partial charge in [0.1, 0.15) is 5.69 Å². The van der Waals surface area contributed by atoms with E-state index in [1.165, 1.54) is 5.56 Å². The van der Waals surface area contributed by atoms with Crippen LogP contribution in [-0.2, 0) is 6.54 Å². The fraction of sp³-hybridized carbons (Fsp3) is 0.333. The summed E-state index contributed by atoms with van der Waals surface area (Å²) in [6.07, 6.45) is 3.78. The number of carbonyl (C=O) groups is 1. The third kappa shape index (κ3) is 4.74. The smallest absolute Gasteiger partial charge is 0.255 e. The van der Waals surface area contributed by atoms with Gasteiger partial charge in [-0.2, -0.15) is 5.10 Å². The fourth-order valence-corrected chi connectivity index (χ4v) is 3.89. The molecule has 2 heterocycles. The number of amides is 1. The normalized spacial score (nSPS) is 19.1. The van der Waals surface area contributed by atoms with E-state index in [1.54, 1.807) is 0 Å². The molecule has 1 saturated heterocycles. The van der Waals surface area contributed by atoms with Gasteiger partial charge in [0.25, 0.3) is 5.91 Å². The van der Waals surface area contributed by atoms with Crippen molar-refractivity contribution < 1.29 is 4.79 Å². The number of rotatable bonds is 5. The molecule has 0 radical (unpaired) electrons. The Kier molecular flexibility index (Phi) is 5.76. The van der Waals surface area contributed by atoms with Crippen LogP contribution in [0.1, 0.15) is 41.3 Å². The lowest BCUT2D eigenvalue weighted by atomic mass is 10.00. The molecule has 29 heavy (non-hydrogen) atoms. The molecule has 5 nitrogen and oxygen atoms in total. The second-order valence-electron chi connectivity index (χ2n) is 7.99. The Bertz CT molecular complexity index is 962. The number of nitrogens with one attached hydrogen (secondary N) is 2. The van der Waals surface area contributed by atoms with Crippen LogP contribution in [0.25, 0.3) is 11.3 Å². The van der Waals surface area contributed by atoms with E-state index in [2.05, 4.69) is 48.7 Å². The Morgan fingerprint density at radius 2 is 1.93 bits per heavy atom. The van der Waals surface area contributed by atoms with Crippen molar-refractivity contribution in [2.24, 2.45) is 0 Å². The van der Waals surface area contributed by atoms with Crippen molar-refractivity contribution in [3.05, 3.63) is 77.5 Å². The molecule has 0 aliphatic carbocycles. The summed E-state index contributed by atoms with van der Waals surface area (Å²) in [6.45, 7) is 5.79. The van der Waals surface area contributed by atoms with Crippen LogP contribution in [0.15, 0.2) is 60.8 Å². The quantitative estimate of drug-likeness (QED) is 0.699. The van der Waals surface area contributed by atoms with Crippen molar-refractivity contribution in [1.82, 2.24) is 20.4 Å². The summed E-state index contributed by atoms with van der Waals surface area (Å²) < 4.78 is 1.87. The van der Waals surface area contributed by atoms with Gasteiger partial charge in [-0.1, -0.05) is 60.2 Å². The summed E-state index contributed by atoms with van der Waals surface area (Å²) in [5.74, 6) is -0.0426. The van der Waals surface area contributed by atoms with Gasteiger partial charge in [0.05, 0.1) is 12.1 Å². The minimum atomic E-state index is -0.0426. The molecule has 2 aromatic carbocycles. The van der Waals surface area contributed by atoms with Gasteiger partial charge in [-0.3, -0.25) is 9.48 Å². The summed E-state index contributed by atoms with van der Waals surface area (Å²) in [4.78, 5) is 13.2. The van der Waals surface area contributed by atoms with E-state index >= 15 is 0 Å². The van der Waals surface area contributed by atoms with Gasteiger partial charge in [0.15, 0.2) is 0 Å². The number of benzene rings is 2. The van der Waals surface area contributed by atoms with Gasteiger partial charge in [-0.05, 0) is 38.8 Å². The molecule has 1 aliphatic heterocycles. The van der Waals surface area contributed by atoms with Gasteiger partial charge in [-0.15, -0.1) is 0 Å². The first-order valence-corrected chi connectivity index (χ1v) is 10.3. The first-order valence-electron chi connectivity index (χ1n) is 10.3. The first-order chi connectivity index (χ1) is 14.1. The Labute approximate surface area is 172 Å². The Morgan fingerprint density at radius 1 is 1.17 bits per heavy atom. The highest BCUT2D eigenvalue weighted by Gasteiger charge is 2.24. The van der Waals surface area contributed by atoms with Crippen LogP contribution in [0, 0.1) is 6.92 Å². The van der Waals surface area contributed by atoms with Gasteiger partial charge >= 0.3 is 0 Å². The molecule has 1 amide bonds. The Balaban J connectivity index is 1.62. The van der Waals surface area contributed by atoms with Crippen molar-refractivity contribution in [1.29, 1.82) is 0 Å². The molecular weight excluding hydrogens is 360 g/mol. The molecule has 2 atom stereocenters. The summed E-state index contributed by atoms with van der Waals surface area (Å²) in [6, 6.07) is 19.0. The van der Waals surface area contributed by atoms with Crippen molar-refractivity contribution in [3.63, 3.8) is 0 Å². The molecule has 0 saturated carbocycles. The number of aryl methyl sites for hydroxylation is 1. The van der Waals surface area contributed by atoms with E-state index in [-0.39, 0.29) is 11.9 Å². The molecule has 0 bridgehead atoms. The Hall–Kier alpha value is -2.92. The highest BCUT2D eigenvalue weighted by molar-refractivity contribution is 6.00. The molecule has 1 fully saturated rings. The third-order valence-electron chi connectivity index (χ3n) is 5.48. The second-order valence-corrected chi connectivity index (χ2v) is 7.99. The molecular formula is C24H28N4O. The molecule has 2 N–H and O–H groups in total. The van der Waals surface area contributed by atoms with E-state index in [1.807, 2.05) is 41.2 Å². The lowest BCUT2D eigenvalue weighted by Gasteiger charge is -2.28. The topological polar surface area (TPSA) is 59.0 Å². The van der Waals surface area contributed by atoms with Crippen molar-refractivity contribution in [2.75, 3.05) is 6.54 Å². The molecule has 0 spiro atoms. The molecule has 4 rings (SSSR count). The van der Waals surface area contributed by atoms with Crippen LogP contribution in [0.5, 0.6) is 0 Å². The summed E-state index contributed by atoms with van der Waals surface area (Å²) in [5.41, 5.74) is 4.68. The van der Waals surface area contributed by atoms with Gasteiger partial charge in [0, 0.05) is 23.8 Å². The van der Waals surface area contributed by atoms with Gasteiger partial charge in [0.2, 0.25) is 0 Å². The van der Waals surface area contributed by atoms with Crippen molar-refractivity contribution in [2.45, 2.75) is 45.3 Å². The standard InChI is InChI=1S/C24H28N4O/c1-17-8-10-20(11-9-17)23-22(24(29)26-21-12-13-25-18(2)14-21)16-28(27-23)15-19-6-4-3-5-7-19/h3-11,16,18,21,25H,12-15H2,1-2H3,(H,26,29). The zero-order chi connectivity index (χ0) is 20.2. The average molecular weight is 389 g/mol. The number of hydrogen-bond donors (Lipinski definition) is 2. The molecule has 5 heteroatoms. The largest absolute Gasteiger partial charge is 0.349 e. The van der Waals surface area contributed by atoms with Crippen molar-refractivity contribution >= 4 is 5.91 Å². The van der Waals surface area contributed by atoms with E-state index < -0.39 is 0 Å². The van der Waals surface area contributed by atoms with Crippen molar-refractivity contribution in [3.8, 4) is 11.3 Å². The molecule has 1 aliphatic rings. The van der Waals surface area contributed by atoms with Gasteiger partial charge in [-0.25, -0.2) is 0 Å². The predicted octanol–water partition coefficient (Wildman–Crippen LogP) is 3.78. The van der Waals surface area contributed by atoms with E-state index in [0.717, 1.165) is 36.2 Å². The number of nitrogens with zero attached hydrogens (tertiary/aromatic N) is 2. The predicted molar refractivity (Wildman–Crippen MR) is 116 cm³/mol. The maximum Gasteiger partial charge on any atom is 0.255 e. The minimum Gasteiger partial charge on any atom is -0.349 e. The molecule has 3 aromatic rings. The van der Waals surface area contributed by atoms with Crippen LogP contribution < -0.4 is 10.6 Å². The van der Waals surface area contributed by atoms with Crippen LogP contribution in [0.4, 0.5) is 0 Å². The lowest BCUT2D eigenvalue weighted by molar-refractivity contribution is 0.0926. The lowest BCUT2D eigenvalue weighted by Crippen LogP contribution is -2.46. The second kappa shape index (κ2) is 8.62. The zero-order valence-corrected chi connectivity index (χ0v) is 17.1. The van der Waals surface area contributed by atoms with E-state index in [4.69, 9.17) is 5.10 Å². The van der Waals surface area contributed by atoms with E-state index in [0.29, 0.717) is 18.2 Å². The first kappa shape index (κ1) is 19.4. The van der Waals surface area contributed by atoms with Gasteiger partial charge < -0.3 is 10.6 Å². The SMILES string of the molecule is Cc1ccc(-c2nn(Cc3ccccc3)cc2C(=O)NC2CCNC(C)C2)cc1. The van der Waals surface area contributed by atoms with Crippen LogP contribution >= 0.6 is 0 Å². The summed E-state index contributed by atoms with van der Waals surface area (Å²) in [7, 11) is 0. The van der Waals surface area contributed by atoms with Crippen LogP contribution in [0.3, 0.4) is 0 Å². The highest BCUT2D eigenvalue weighted by atomic mass is 16.1. The number of carbonyl (C=O) groups excluding carboxylic acids is 1. The number of hydrogen-bond acceptors (Lipinski definition) is 3. The molecule has 2 unspecified atom stereocenters. The molecule has 1 aromatic heterocycles. The van der Waals surface area contributed by atoms with Crippen LogP contribution in [0.2, 0.25) is 0 Å². The summed E-state index contributed by atoms with van der Waals surface area (Å²) in [5, 5.41) is 11.4. The number of aromatic nitrogens is 2. The Morgan fingerprint density at radius 3 is 2.66 bits per heavy atom. The average Bonchev–Trinajstić information content (AvgIpc) is 3.13. The number of piperidine rings is 1. The summed E-state index contributed by atoms with van der Waals surface area (Å²) >= 11 is 0. The monoisotopic (exact) mass is 388 g/mol. The fourth-order valence-electron chi connectivity index (χ4n) is 3.89. The maximum absolute atomic E-state index is 13.2.